The SMILES string of the molecule is CC(C)(C)OC(=O)N1CCC2(CC1)NC(=O)c1cc(-c3cccc4ncccc34)ccc1O2. The lowest BCUT2D eigenvalue weighted by atomic mass is 9.94. The Morgan fingerprint density at radius 2 is 1.88 bits per heavy atom. The Balaban J connectivity index is 1.37. The van der Waals surface area contributed by atoms with Crippen molar-refractivity contribution in [2.45, 2.75) is 44.9 Å². The van der Waals surface area contributed by atoms with Gasteiger partial charge in [0.2, 0.25) is 0 Å². The van der Waals surface area contributed by atoms with Crippen LogP contribution in [0.15, 0.2) is 54.7 Å². The number of aromatic nitrogens is 1. The molecular weight excluding hydrogens is 418 g/mol. The molecule has 2 aromatic carbocycles. The van der Waals surface area contributed by atoms with Crippen molar-refractivity contribution in [3.63, 3.8) is 0 Å². The van der Waals surface area contributed by atoms with E-state index in [1.165, 1.54) is 0 Å². The van der Waals surface area contributed by atoms with E-state index >= 15 is 0 Å². The number of hydrogen-bond acceptors (Lipinski definition) is 5. The maximum Gasteiger partial charge on any atom is 0.410 e. The lowest BCUT2D eigenvalue weighted by molar-refractivity contribution is -0.0366. The number of pyridine rings is 1. The fourth-order valence-corrected chi connectivity index (χ4v) is 4.43. The molecular formula is C26H27N3O4. The largest absolute Gasteiger partial charge is 0.467 e. The first-order valence-corrected chi connectivity index (χ1v) is 11.2. The van der Waals surface area contributed by atoms with Crippen molar-refractivity contribution in [2.75, 3.05) is 13.1 Å². The summed E-state index contributed by atoms with van der Waals surface area (Å²) in [6, 6.07) is 15.6. The zero-order valence-corrected chi connectivity index (χ0v) is 19.1. The number of carbonyl (C=O) groups is 2. The predicted octanol–water partition coefficient (Wildman–Crippen LogP) is 4.75. The third-order valence-corrected chi connectivity index (χ3v) is 6.05. The molecule has 0 aliphatic carbocycles. The number of nitrogens with one attached hydrogen (secondary N) is 1. The molecule has 1 aromatic heterocycles. The van der Waals surface area contributed by atoms with E-state index in [4.69, 9.17) is 9.47 Å². The van der Waals surface area contributed by atoms with Gasteiger partial charge in [-0.15, -0.1) is 0 Å². The van der Waals surface area contributed by atoms with Crippen molar-refractivity contribution >= 4 is 22.9 Å². The molecule has 0 saturated carbocycles. The molecule has 1 N–H and O–H groups in total. The van der Waals surface area contributed by atoms with Crippen molar-refractivity contribution in [3.05, 3.63) is 60.3 Å². The van der Waals surface area contributed by atoms with Gasteiger partial charge >= 0.3 is 6.09 Å². The van der Waals surface area contributed by atoms with Crippen LogP contribution in [-0.4, -0.2) is 46.3 Å². The Bertz CT molecular complexity index is 1230. The summed E-state index contributed by atoms with van der Waals surface area (Å²) < 4.78 is 11.8. The number of nitrogens with zero attached hydrogens (tertiary/aromatic N) is 2. The second kappa shape index (κ2) is 7.76. The van der Waals surface area contributed by atoms with Gasteiger partial charge < -0.3 is 19.7 Å². The Hall–Kier alpha value is -3.61. The third-order valence-electron chi connectivity index (χ3n) is 6.05. The van der Waals surface area contributed by atoms with Crippen LogP contribution in [0.2, 0.25) is 0 Å². The standard InChI is InChI=1S/C26H27N3O4/c1-25(2,3)33-24(31)29-14-11-26(12-15-29)28-23(30)20-16-17(9-10-22(20)32-26)18-6-4-8-21-19(18)7-5-13-27-21/h4-10,13,16H,11-12,14-15H2,1-3H3,(H,28,30). The molecule has 0 unspecified atom stereocenters. The quantitative estimate of drug-likeness (QED) is 0.585. The molecule has 170 valence electrons. The summed E-state index contributed by atoms with van der Waals surface area (Å²) in [6.07, 6.45) is 2.42. The van der Waals surface area contributed by atoms with E-state index in [1.807, 2.05) is 69.3 Å². The lowest BCUT2D eigenvalue weighted by Crippen LogP contribution is -2.61. The van der Waals surface area contributed by atoms with Crippen molar-refractivity contribution in [1.29, 1.82) is 0 Å². The van der Waals surface area contributed by atoms with E-state index in [-0.39, 0.29) is 12.0 Å². The van der Waals surface area contributed by atoms with Crippen molar-refractivity contribution < 1.29 is 19.1 Å². The fourth-order valence-electron chi connectivity index (χ4n) is 4.43. The first-order chi connectivity index (χ1) is 15.7. The molecule has 1 saturated heterocycles. The van der Waals surface area contributed by atoms with Crippen LogP contribution in [0.4, 0.5) is 4.79 Å². The minimum Gasteiger partial charge on any atom is -0.467 e. The van der Waals surface area contributed by atoms with Gasteiger partial charge in [-0.25, -0.2) is 4.79 Å². The molecule has 2 amide bonds. The van der Waals surface area contributed by atoms with Crippen molar-refractivity contribution in [2.24, 2.45) is 0 Å². The van der Waals surface area contributed by atoms with Crippen LogP contribution in [0.1, 0.15) is 44.0 Å². The van der Waals surface area contributed by atoms with Crippen LogP contribution in [0, 0.1) is 0 Å². The molecule has 3 aromatic rings. The molecule has 7 nitrogen and oxygen atoms in total. The van der Waals surface area contributed by atoms with Crippen molar-refractivity contribution in [3.8, 4) is 16.9 Å². The van der Waals surface area contributed by atoms with Crippen LogP contribution in [-0.2, 0) is 4.74 Å². The number of ether oxygens (including phenoxy) is 2. The minimum absolute atomic E-state index is 0.165. The monoisotopic (exact) mass is 445 g/mol. The zero-order chi connectivity index (χ0) is 23.2. The fraction of sp³-hybridized carbons (Fsp3) is 0.346. The van der Waals surface area contributed by atoms with Gasteiger partial charge in [-0.05, 0) is 56.2 Å². The predicted molar refractivity (Wildman–Crippen MR) is 125 cm³/mol. The van der Waals surface area contributed by atoms with E-state index in [0.717, 1.165) is 22.0 Å². The molecule has 1 spiro atoms. The number of piperidine rings is 1. The molecule has 0 radical (unpaired) electrons. The summed E-state index contributed by atoms with van der Waals surface area (Å²) in [4.78, 5) is 31.6. The summed E-state index contributed by atoms with van der Waals surface area (Å²) in [5.41, 5.74) is 2.01. The average Bonchev–Trinajstić information content (AvgIpc) is 2.78. The number of rotatable bonds is 1. The Morgan fingerprint density at radius 1 is 1.09 bits per heavy atom. The van der Waals surface area contributed by atoms with Crippen LogP contribution in [0.3, 0.4) is 0 Å². The normalized spacial score (nSPS) is 17.3. The average molecular weight is 446 g/mol. The van der Waals surface area contributed by atoms with Gasteiger partial charge in [0, 0.05) is 37.5 Å². The highest BCUT2D eigenvalue weighted by Gasteiger charge is 2.44. The molecule has 0 atom stereocenters. The van der Waals surface area contributed by atoms with Gasteiger partial charge in [0.25, 0.3) is 5.91 Å². The highest BCUT2D eigenvalue weighted by molar-refractivity contribution is 6.01. The lowest BCUT2D eigenvalue weighted by Gasteiger charge is -2.44. The van der Waals surface area contributed by atoms with E-state index in [2.05, 4.69) is 10.3 Å². The van der Waals surface area contributed by atoms with E-state index in [9.17, 15) is 9.59 Å². The topological polar surface area (TPSA) is 80.8 Å². The van der Waals surface area contributed by atoms with E-state index < -0.39 is 11.3 Å². The van der Waals surface area contributed by atoms with E-state index in [0.29, 0.717) is 37.2 Å². The molecule has 0 bridgehead atoms. The Labute approximate surface area is 192 Å². The van der Waals surface area contributed by atoms with Crippen LogP contribution < -0.4 is 10.1 Å². The molecule has 7 heteroatoms. The van der Waals surface area contributed by atoms with Gasteiger partial charge in [-0.3, -0.25) is 9.78 Å². The maximum absolute atomic E-state index is 13.1. The Kier molecular flexibility index (Phi) is 5.00. The number of carbonyl (C=O) groups excluding carboxylic acids is 2. The summed E-state index contributed by atoms with van der Waals surface area (Å²) in [7, 11) is 0. The highest BCUT2D eigenvalue weighted by Crippen LogP contribution is 2.37. The third kappa shape index (κ3) is 4.11. The minimum atomic E-state index is -0.812. The van der Waals surface area contributed by atoms with Gasteiger partial charge in [0.1, 0.15) is 11.4 Å². The molecule has 1 fully saturated rings. The second-order valence-corrected chi connectivity index (χ2v) is 9.60. The molecule has 2 aliphatic heterocycles. The van der Waals surface area contributed by atoms with Crippen molar-refractivity contribution in [1.82, 2.24) is 15.2 Å². The molecule has 3 heterocycles. The first-order valence-electron chi connectivity index (χ1n) is 11.2. The molecule has 2 aliphatic rings. The number of hydrogen-bond donors (Lipinski definition) is 1. The van der Waals surface area contributed by atoms with Gasteiger partial charge in [-0.2, -0.15) is 0 Å². The molecule has 5 rings (SSSR count). The van der Waals surface area contributed by atoms with Gasteiger partial charge in [0.05, 0.1) is 11.1 Å². The maximum atomic E-state index is 13.1. The van der Waals surface area contributed by atoms with E-state index in [1.54, 1.807) is 11.1 Å². The number of likely N-dealkylation sites (tertiary alicyclic amines) is 1. The Morgan fingerprint density at radius 3 is 2.64 bits per heavy atom. The summed E-state index contributed by atoms with van der Waals surface area (Å²) >= 11 is 0. The number of amides is 2. The summed E-state index contributed by atoms with van der Waals surface area (Å²) in [6.45, 7) is 6.44. The van der Waals surface area contributed by atoms with Crippen LogP contribution >= 0.6 is 0 Å². The van der Waals surface area contributed by atoms with Crippen LogP contribution in [0.5, 0.6) is 5.75 Å². The first kappa shape index (κ1) is 21.2. The number of fused-ring (bicyclic) bond motifs is 2. The second-order valence-electron chi connectivity index (χ2n) is 9.60. The molecule has 33 heavy (non-hydrogen) atoms. The van der Waals surface area contributed by atoms with Crippen LogP contribution in [0.25, 0.3) is 22.0 Å². The number of benzene rings is 2. The zero-order valence-electron chi connectivity index (χ0n) is 19.1. The highest BCUT2D eigenvalue weighted by atomic mass is 16.6. The smallest absolute Gasteiger partial charge is 0.410 e. The summed E-state index contributed by atoms with van der Waals surface area (Å²) in [5, 5.41) is 4.09. The summed E-state index contributed by atoms with van der Waals surface area (Å²) in [5.74, 6) is 0.397. The van der Waals surface area contributed by atoms with Gasteiger partial charge in [0.15, 0.2) is 5.72 Å². The van der Waals surface area contributed by atoms with Gasteiger partial charge in [-0.1, -0.05) is 24.3 Å².